The first-order valence-electron chi connectivity index (χ1n) is 9.49. The smallest absolute Gasteiger partial charge is 0.134 e. The molecule has 2 rings (SSSR count). The van der Waals surface area contributed by atoms with E-state index in [9.17, 15) is 5.11 Å². The first kappa shape index (κ1) is 19.8. The molecule has 2 aromatic carbocycles. The minimum absolute atomic E-state index is 0.104. The van der Waals surface area contributed by atoms with Crippen LogP contribution in [0.1, 0.15) is 61.1 Å². The number of amidine groups is 1. The lowest BCUT2D eigenvalue weighted by molar-refractivity contribution is 0.513. The molecule has 138 valence electrons. The van der Waals surface area contributed by atoms with Crippen LogP contribution in [-0.4, -0.2) is 10.9 Å². The Balaban J connectivity index is 2.86. The quantitative estimate of drug-likeness (QED) is 0.274. The lowest BCUT2D eigenvalue weighted by atomic mass is 9.85. The number of aliphatic hydroxyl groups is 1. The summed E-state index contributed by atoms with van der Waals surface area (Å²) in [7, 11) is 0. The lowest BCUT2D eigenvalue weighted by Gasteiger charge is -2.21. The molecule has 0 aliphatic heterocycles. The van der Waals surface area contributed by atoms with Crippen molar-refractivity contribution in [3.05, 3.63) is 69.8 Å². The van der Waals surface area contributed by atoms with Gasteiger partial charge in [-0.3, -0.25) is 5.41 Å². The topological polar surface area (TPSA) is 70.1 Å². The van der Waals surface area contributed by atoms with Crippen molar-refractivity contribution in [2.75, 3.05) is 0 Å². The molecule has 0 fully saturated rings. The van der Waals surface area contributed by atoms with Crippen LogP contribution in [0.4, 0.5) is 0 Å². The zero-order valence-corrected chi connectivity index (χ0v) is 16.3. The molecule has 2 aromatic rings. The van der Waals surface area contributed by atoms with Crippen molar-refractivity contribution in [1.29, 1.82) is 5.41 Å². The van der Waals surface area contributed by atoms with Crippen LogP contribution in [-0.2, 0) is 25.7 Å². The Labute approximate surface area is 157 Å². The fourth-order valence-electron chi connectivity index (χ4n) is 3.84. The molecule has 0 aromatic heterocycles. The highest BCUT2D eigenvalue weighted by atomic mass is 16.3. The number of aryl methyl sites for hydroxylation is 1. The summed E-state index contributed by atoms with van der Waals surface area (Å²) in [6.07, 6.45) is 3.67. The lowest BCUT2D eigenvalue weighted by Crippen LogP contribution is -2.15. The number of aliphatic hydroxyl groups excluding tert-OH is 1. The van der Waals surface area contributed by atoms with E-state index < -0.39 is 0 Å². The Morgan fingerprint density at radius 3 is 1.92 bits per heavy atom. The summed E-state index contributed by atoms with van der Waals surface area (Å²) in [6, 6.07) is 11.5. The van der Waals surface area contributed by atoms with Gasteiger partial charge in [-0.05, 0) is 59.6 Å². The van der Waals surface area contributed by atoms with Crippen LogP contribution < -0.4 is 5.73 Å². The van der Waals surface area contributed by atoms with E-state index >= 15 is 0 Å². The molecular formula is C23H30N2O. The number of rotatable bonds is 7. The fraction of sp³-hybridized carbons (Fsp3) is 0.348. The normalized spacial score (nSPS) is 12.0. The van der Waals surface area contributed by atoms with Gasteiger partial charge in [-0.2, -0.15) is 0 Å². The Morgan fingerprint density at radius 1 is 0.885 bits per heavy atom. The van der Waals surface area contributed by atoms with Gasteiger partial charge in [0, 0.05) is 5.56 Å². The average Bonchev–Trinajstić information content (AvgIpc) is 2.66. The van der Waals surface area contributed by atoms with Crippen molar-refractivity contribution in [3.8, 4) is 0 Å². The summed E-state index contributed by atoms with van der Waals surface area (Å²) in [5, 5.41) is 19.2. The highest BCUT2D eigenvalue weighted by Crippen LogP contribution is 2.33. The zero-order valence-electron chi connectivity index (χ0n) is 16.3. The molecule has 4 N–H and O–H groups in total. The summed E-state index contributed by atoms with van der Waals surface area (Å²) in [5.74, 6) is -0.0148. The average molecular weight is 351 g/mol. The van der Waals surface area contributed by atoms with Gasteiger partial charge in [0.25, 0.3) is 0 Å². The molecule has 26 heavy (non-hydrogen) atoms. The van der Waals surface area contributed by atoms with Crippen molar-refractivity contribution >= 4 is 17.2 Å². The van der Waals surface area contributed by atoms with Crippen molar-refractivity contribution in [3.63, 3.8) is 0 Å². The van der Waals surface area contributed by atoms with Crippen LogP contribution in [0.2, 0.25) is 0 Å². The second kappa shape index (κ2) is 8.70. The maximum Gasteiger partial charge on any atom is 0.134 e. The highest BCUT2D eigenvalue weighted by Gasteiger charge is 2.20. The predicted molar refractivity (Wildman–Crippen MR) is 112 cm³/mol. The second-order valence-electron chi connectivity index (χ2n) is 6.44. The van der Waals surface area contributed by atoms with Gasteiger partial charge in [0.2, 0.25) is 0 Å². The Bertz CT molecular complexity index is 820. The molecule has 0 unspecified atom stereocenters. The van der Waals surface area contributed by atoms with Crippen LogP contribution in [0.3, 0.4) is 0 Å². The van der Waals surface area contributed by atoms with E-state index in [2.05, 4.69) is 33.8 Å². The first-order valence-corrected chi connectivity index (χ1v) is 9.49. The number of benzene rings is 2. The van der Waals surface area contributed by atoms with Crippen LogP contribution >= 0.6 is 0 Å². The van der Waals surface area contributed by atoms with Gasteiger partial charge in [-0.25, -0.2) is 0 Å². The maximum atomic E-state index is 11.2. The Hall–Kier alpha value is -2.55. The van der Waals surface area contributed by atoms with Crippen LogP contribution in [0, 0.1) is 5.41 Å². The van der Waals surface area contributed by atoms with Gasteiger partial charge in [0.1, 0.15) is 11.6 Å². The third-order valence-electron chi connectivity index (χ3n) is 5.03. The summed E-state index contributed by atoms with van der Waals surface area (Å²) in [4.78, 5) is 0. The molecule has 0 aliphatic rings. The molecule has 0 spiro atoms. The SMILES string of the molecule is CCc1cc(C(O)=C(C(=N)N)c2ccccc2)c(CC)c(CC)c1CC. The summed E-state index contributed by atoms with van der Waals surface area (Å²) in [6.45, 7) is 8.62. The van der Waals surface area contributed by atoms with E-state index in [1.165, 1.54) is 16.7 Å². The fourth-order valence-corrected chi connectivity index (χ4v) is 3.84. The standard InChI is InChI=1S/C23H30N2O/c1-5-15-14-20(19(8-4)18(7-3)17(15)6-2)22(26)21(23(24)25)16-12-10-9-11-13-16/h9-14,26H,5-8H2,1-4H3,(H3,24,25). The van der Waals surface area contributed by atoms with E-state index in [4.69, 9.17) is 11.1 Å². The number of nitrogens with one attached hydrogen (secondary N) is 1. The van der Waals surface area contributed by atoms with Gasteiger partial charge in [0.05, 0.1) is 5.57 Å². The molecule has 3 heteroatoms. The van der Waals surface area contributed by atoms with E-state index in [0.29, 0.717) is 5.57 Å². The van der Waals surface area contributed by atoms with Gasteiger partial charge in [-0.1, -0.05) is 58.0 Å². The molecule has 0 saturated carbocycles. The van der Waals surface area contributed by atoms with Crippen molar-refractivity contribution in [2.24, 2.45) is 5.73 Å². The maximum absolute atomic E-state index is 11.2. The molecule has 0 atom stereocenters. The second-order valence-corrected chi connectivity index (χ2v) is 6.44. The third kappa shape index (κ3) is 3.67. The Morgan fingerprint density at radius 2 is 1.46 bits per heavy atom. The highest BCUT2D eigenvalue weighted by molar-refractivity contribution is 6.26. The van der Waals surface area contributed by atoms with E-state index in [0.717, 1.165) is 42.4 Å². The van der Waals surface area contributed by atoms with Gasteiger partial charge >= 0.3 is 0 Å². The van der Waals surface area contributed by atoms with E-state index in [-0.39, 0.29) is 11.6 Å². The monoisotopic (exact) mass is 350 g/mol. The molecule has 0 saturated heterocycles. The number of hydrogen-bond acceptors (Lipinski definition) is 2. The molecule has 0 radical (unpaired) electrons. The molecule has 0 heterocycles. The summed E-state index contributed by atoms with van der Waals surface area (Å²) < 4.78 is 0. The summed E-state index contributed by atoms with van der Waals surface area (Å²) in [5.41, 5.74) is 13.0. The molecule has 0 bridgehead atoms. The molecule has 0 aliphatic carbocycles. The van der Waals surface area contributed by atoms with Gasteiger partial charge in [0.15, 0.2) is 0 Å². The van der Waals surface area contributed by atoms with Crippen molar-refractivity contribution in [1.82, 2.24) is 0 Å². The third-order valence-corrected chi connectivity index (χ3v) is 5.03. The van der Waals surface area contributed by atoms with Crippen molar-refractivity contribution in [2.45, 2.75) is 53.4 Å². The molecular weight excluding hydrogens is 320 g/mol. The van der Waals surface area contributed by atoms with Crippen LogP contribution in [0.25, 0.3) is 11.3 Å². The number of hydrogen-bond donors (Lipinski definition) is 3. The van der Waals surface area contributed by atoms with Gasteiger partial charge in [-0.15, -0.1) is 0 Å². The van der Waals surface area contributed by atoms with Crippen LogP contribution in [0.15, 0.2) is 36.4 Å². The minimum Gasteiger partial charge on any atom is -0.507 e. The molecule has 0 amide bonds. The van der Waals surface area contributed by atoms with E-state index in [1.807, 2.05) is 30.3 Å². The van der Waals surface area contributed by atoms with Crippen molar-refractivity contribution < 1.29 is 5.11 Å². The van der Waals surface area contributed by atoms with E-state index in [1.54, 1.807) is 0 Å². The molecule has 3 nitrogen and oxygen atoms in total. The Kier molecular flexibility index (Phi) is 6.62. The van der Waals surface area contributed by atoms with Gasteiger partial charge < -0.3 is 10.8 Å². The zero-order chi connectivity index (χ0) is 19.3. The predicted octanol–water partition coefficient (Wildman–Crippen LogP) is 5.30. The largest absolute Gasteiger partial charge is 0.507 e. The number of nitrogens with two attached hydrogens (primary N) is 1. The first-order chi connectivity index (χ1) is 12.5. The minimum atomic E-state index is -0.119. The van der Waals surface area contributed by atoms with Crippen LogP contribution in [0.5, 0.6) is 0 Å². The summed E-state index contributed by atoms with van der Waals surface area (Å²) >= 11 is 0.